The number of hydrogen-bond acceptors (Lipinski definition) is 12. The number of rotatable bonds is 12. The van der Waals surface area contributed by atoms with Crippen LogP contribution in [0.25, 0.3) is 45.1 Å². The lowest BCUT2D eigenvalue weighted by Crippen LogP contribution is -2.53. The Morgan fingerprint density at radius 2 is 1.08 bits per heavy atom. The van der Waals surface area contributed by atoms with Crippen molar-refractivity contribution in [3.63, 3.8) is 0 Å². The smallest absolute Gasteiger partial charge is 0.260 e. The first-order chi connectivity index (χ1) is 37.4. The van der Waals surface area contributed by atoms with Gasteiger partial charge in [-0.1, -0.05) is 24.3 Å². The molecule has 2 aromatic carbocycles. The minimum Gasteiger partial charge on any atom is -0.368 e. The third-order valence-corrected chi connectivity index (χ3v) is 16.5. The molecule has 12 rings (SSSR count). The molecule has 6 aromatic heterocycles. The molecule has 4 fully saturated rings. The van der Waals surface area contributed by atoms with Gasteiger partial charge in [-0.05, 0) is 116 Å². The van der Waals surface area contributed by atoms with Crippen molar-refractivity contribution in [1.29, 1.82) is 0 Å². The van der Waals surface area contributed by atoms with E-state index in [1.54, 1.807) is 40.8 Å². The summed E-state index contributed by atoms with van der Waals surface area (Å²) in [6.07, 6.45) is 14.6. The second kappa shape index (κ2) is 21.1. The lowest BCUT2D eigenvalue weighted by molar-refractivity contribution is -0.149. The van der Waals surface area contributed by atoms with Crippen molar-refractivity contribution >= 4 is 39.8 Å². The van der Waals surface area contributed by atoms with Crippen LogP contribution in [0.15, 0.2) is 116 Å². The summed E-state index contributed by atoms with van der Waals surface area (Å²) in [6.45, 7) is 7.24. The van der Waals surface area contributed by atoms with Crippen molar-refractivity contribution < 1.29 is 18.4 Å². The van der Waals surface area contributed by atoms with Gasteiger partial charge in [0.2, 0.25) is 5.95 Å². The standard InChI is InChI=1S/C59H64F2N14O2/c1-40-5-9-51-49(32-40)68-54(74(51)45-13-24-72(25-14-45)56(77)59(61)19-30-71(31-20-59)39-44-36-66-57(62)67-37-44)48-8-6-43(35-65-48)33-42-7-10-52-50(34-42)69-53(47-4-2-3-21-64-47)75(52)46-15-26-73(27-16-46)55(76)58(60)17-28-70(29-18-58)38-41-11-22-63-23-12-41/h2-12,21-23,32,34-37,45-46H,13-20,24-31,33,38-39H2,1H3,(H2,62,66,67). The predicted octanol–water partition coefficient (Wildman–Crippen LogP) is 8.51. The number of nitrogens with two attached hydrogens (primary N) is 1. The Bertz CT molecular complexity index is 3380. The minimum atomic E-state index is -1.89. The van der Waals surface area contributed by atoms with Crippen LogP contribution in [-0.4, -0.2) is 139 Å². The number of nitrogen functional groups attached to an aromatic ring is 1. The number of imidazole rings is 2. The van der Waals surface area contributed by atoms with E-state index in [-0.39, 0.29) is 49.6 Å². The molecule has 16 nitrogen and oxygen atoms in total. The molecule has 77 heavy (non-hydrogen) atoms. The number of alkyl halides is 2. The molecule has 10 heterocycles. The molecule has 0 unspecified atom stereocenters. The van der Waals surface area contributed by atoms with Crippen LogP contribution in [-0.2, 0) is 29.1 Å². The van der Waals surface area contributed by atoms with Gasteiger partial charge in [0.15, 0.2) is 23.0 Å². The molecule has 4 aliphatic heterocycles. The summed E-state index contributed by atoms with van der Waals surface area (Å²) in [7, 11) is 0. The highest BCUT2D eigenvalue weighted by Gasteiger charge is 2.46. The molecular formula is C59H64F2N14O2. The van der Waals surface area contributed by atoms with Crippen LogP contribution in [0, 0.1) is 6.92 Å². The van der Waals surface area contributed by atoms with E-state index < -0.39 is 17.2 Å². The maximum atomic E-state index is 16.4. The first-order valence-corrected chi connectivity index (χ1v) is 27.2. The Balaban J connectivity index is 0.711. The summed E-state index contributed by atoms with van der Waals surface area (Å²) in [6, 6.07) is 26.8. The van der Waals surface area contributed by atoms with Crippen LogP contribution in [0.2, 0.25) is 0 Å². The van der Waals surface area contributed by atoms with Gasteiger partial charge in [-0.15, -0.1) is 0 Å². The lowest BCUT2D eigenvalue weighted by atomic mass is 9.90. The molecule has 4 aliphatic rings. The highest BCUT2D eigenvalue weighted by atomic mass is 19.1. The monoisotopic (exact) mass is 1040 g/mol. The summed E-state index contributed by atoms with van der Waals surface area (Å²) in [5.41, 5.74) is 12.5. The number of amides is 2. The molecule has 0 aliphatic carbocycles. The molecule has 0 bridgehead atoms. The van der Waals surface area contributed by atoms with Gasteiger partial charge >= 0.3 is 0 Å². The summed E-state index contributed by atoms with van der Waals surface area (Å²) >= 11 is 0. The normalized spacial score (nSPS) is 18.8. The second-order valence-electron chi connectivity index (χ2n) is 21.7. The SMILES string of the molecule is Cc1ccc2c(c1)nc(-c1ccc(Cc3ccc4c(c3)nc(-c3ccccn3)n4C3CCN(C(=O)C4(F)CCN(Cc5ccncc5)CC4)CC3)cn1)n2C1CCN(C(=O)C2(F)CCN(Cc3cnc(N)nc3)CC2)CC1. The molecule has 18 heteroatoms. The summed E-state index contributed by atoms with van der Waals surface area (Å²) in [4.78, 5) is 67.8. The molecule has 4 saturated heterocycles. The molecule has 8 aromatic rings. The Hall–Kier alpha value is -7.57. The molecule has 396 valence electrons. The van der Waals surface area contributed by atoms with Gasteiger partial charge in [0, 0.05) is 146 Å². The van der Waals surface area contributed by atoms with Gasteiger partial charge in [-0.2, -0.15) is 0 Å². The van der Waals surface area contributed by atoms with Gasteiger partial charge in [0.05, 0.1) is 22.1 Å². The summed E-state index contributed by atoms with van der Waals surface area (Å²) in [5.74, 6) is 0.985. The quantitative estimate of drug-likeness (QED) is 0.124. The predicted molar refractivity (Wildman–Crippen MR) is 291 cm³/mol. The number of aryl methyl sites for hydroxylation is 1. The first-order valence-electron chi connectivity index (χ1n) is 27.2. The van der Waals surface area contributed by atoms with Crippen molar-refractivity contribution in [2.75, 3.05) is 58.1 Å². The number of carbonyl (C=O) groups is 2. The van der Waals surface area contributed by atoms with Crippen LogP contribution in [0.4, 0.5) is 14.7 Å². The van der Waals surface area contributed by atoms with E-state index in [1.165, 1.54) is 0 Å². The zero-order valence-corrected chi connectivity index (χ0v) is 43.5. The number of nitrogens with zero attached hydrogens (tertiary/aromatic N) is 13. The first kappa shape index (κ1) is 50.3. The van der Waals surface area contributed by atoms with E-state index in [1.807, 2.05) is 42.6 Å². The number of fused-ring (bicyclic) bond motifs is 2. The Morgan fingerprint density at radius 3 is 1.62 bits per heavy atom. The van der Waals surface area contributed by atoms with Crippen LogP contribution in [0.1, 0.15) is 91.3 Å². The van der Waals surface area contributed by atoms with E-state index in [2.05, 4.69) is 83.3 Å². The zero-order chi connectivity index (χ0) is 52.7. The molecule has 0 spiro atoms. The van der Waals surface area contributed by atoms with E-state index >= 15 is 8.78 Å². The third kappa shape index (κ3) is 10.4. The number of aromatic nitrogens is 9. The van der Waals surface area contributed by atoms with Crippen molar-refractivity contribution in [1.82, 2.24) is 63.6 Å². The van der Waals surface area contributed by atoms with Crippen molar-refractivity contribution in [2.45, 2.75) is 101 Å². The molecule has 2 amide bonds. The van der Waals surface area contributed by atoms with Gasteiger partial charge in [0.1, 0.15) is 11.4 Å². The number of anilines is 1. The van der Waals surface area contributed by atoms with Crippen molar-refractivity contribution in [2.24, 2.45) is 0 Å². The molecule has 2 N–H and O–H groups in total. The average molecular weight is 1040 g/mol. The Labute approximate surface area is 446 Å². The summed E-state index contributed by atoms with van der Waals surface area (Å²) in [5, 5.41) is 0. The zero-order valence-electron chi connectivity index (χ0n) is 43.5. The average Bonchev–Trinajstić information content (AvgIpc) is 4.14. The minimum absolute atomic E-state index is 0.0418. The number of piperidine rings is 4. The Kier molecular flexibility index (Phi) is 13.8. The van der Waals surface area contributed by atoms with Crippen molar-refractivity contribution in [3.05, 3.63) is 144 Å². The fraction of sp³-hybridized carbons (Fsp3) is 0.407. The largest absolute Gasteiger partial charge is 0.368 e. The van der Waals surface area contributed by atoms with E-state index in [0.717, 1.165) is 79.5 Å². The molecule has 0 saturated carbocycles. The lowest BCUT2D eigenvalue weighted by Gasteiger charge is -2.40. The van der Waals surface area contributed by atoms with Gasteiger partial charge in [-0.25, -0.2) is 28.7 Å². The molecular weight excluding hydrogens is 975 g/mol. The maximum Gasteiger partial charge on any atom is 0.260 e. The number of pyridine rings is 3. The topological polar surface area (TPSA) is 173 Å². The fourth-order valence-electron chi connectivity index (χ4n) is 12.2. The maximum absolute atomic E-state index is 16.4. The van der Waals surface area contributed by atoms with E-state index in [0.29, 0.717) is 91.0 Å². The summed E-state index contributed by atoms with van der Waals surface area (Å²) < 4.78 is 37.4. The van der Waals surface area contributed by atoms with Crippen LogP contribution < -0.4 is 5.73 Å². The van der Waals surface area contributed by atoms with E-state index in [9.17, 15) is 9.59 Å². The second-order valence-corrected chi connectivity index (χ2v) is 21.7. The van der Waals surface area contributed by atoms with Crippen LogP contribution >= 0.6 is 0 Å². The number of benzene rings is 2. The molecule has 0 radical (unpaired) electrons. The number of halogens is 2. The fourth-order valence-corrected chi connectivity index (χ4v) is 12.2. The number of carbonyl (C=O) groups excluding carboxylic acids is 2. The van der Waals surface area contributed by atoms with Gasteiger partial charge in [-0.3, -0.25) is 34.3 Å². The molecule has 0 atom stereocenters. The third-order valence-electron chi connectivity index (χ3n) is 16.5. The van der Waals surface area contributed by atoms with Gasteiger partial charge < -0.3 is 24.7 Å². The van der Waals surface area contributed by atoms with E-state index in [4.69, 9.17) is 25.7 Å². The van der Waals surface area contributed by atoms with Gasteiger partial charge in [0.25, 0.3) is 11.8 Å². The van der Waals surface area contributed by atoms with Crippen LogP contribution in [0.3, 0.4) is 0 Å². The highest BCUT2D eigenvalue weighted by molar-refractivity contribution is 5.87. The number of likely N-dealkylation sites (tertiary alicyclic amines) is 4. The number of hydrogen-bond donors (Lipinski definition) is 1. The highest BCUT2D eigenvalue weighted by Crippen LogP contribution is 2.39. The van der Waals surface area contributed by atoms with Crippen LogP contribution in [0.5, 0.6) is 0 Å². The van der Waals surface area contributed by atoms with Crippen molar-refractivity contribution in [3.8, 4) is 23.0 Å². The Morgan fingerprint density at radius 1 is 0.558 bits per heavy atom.